The van der Waals surface area contributed by atoms with Crippen LogP contribution in [0.25, 0.3) is 0 Å². The third-order valence-corrected chi connectivity index (χ3v) is 6.59. The van der Waals surface area contributed by atoms with Crippen molar-refractivity contribution in [3.05, 3.63) is 0 Å². The third-order valence-electron chi connectivity index (χ3n) is 5.07. The molecule has 0 bridgehead atoms. The maximum Gasteiger partial charge on any atom is 0.407 e. The summed E-state index contributed by atoms with van der Waals surface area (Å²) in [5.74, 6) is 0.147. The van der Waals surface area contributed by atoms with Gasteiger partial charge in [-0.15, -0.1) is 0 Å². The van der Waals surface area contributed by atoms with E-state index in [4.69, 9.17) is 5.11 Å². The van der Waals surface area contributed by atoms with Crippen LogP contribution < -0.4 is 4.72 Å². The highest BCUT2D eigenvalue weighted by molar-refractivity contribution is 7.89. The minimum absolute atomic E-state index is 0.147. The van der Waals surface area contributed by atoms with Crippen molar-refractivity contribution in [3.8, 4) is 0 Å². The molecule has 1 amide bonds. The predicted molar refractivity (Wildman–Crippen MR) is 106 cm³/mol. The summed E-state index contributed by atoms with van der Waals surface area (Å²) in [6.45, 7) is 2.90. The summed E-state index contributed by atoms with van der Waals surface area (Å²) in [4.78, 5) is 12.1. The maximum absolute atomic E-state index is 12.1. The Balaban J connectivity index is 1.96. The molecular weight excluding hydrogens is 352 g/mol. The molecule has 0 aliphatic carbocycles. The second kappa shape index (κ2) is 13.4. The first kappa shape index (κ1) is 23.2. The van der Waals surface area contributed by atoms with Gasteiger partial charge in [-0.2, -0.15) is 0 Å². The SMILES string of the molecule is CCCCCCCCCCCCCCS(=O)(=O)N[C@@H]1CCN(C(=O)O)C1. The number of unbranched alkanes of at least 4 members (excludes halogenated alkanes) is 11. The summed E-state index contributed by atoms with van der Waals surface area (Å²) in [5.41, 5.74) is 0. The van der Waals surface area contributed by atoms with Crippen LogP contribution in [0.4, 0.5) is 4.79 Å². The molecule has 1 heterocycles. The van der Waals surface area contributed by atoms with Gasteiger partial charge in [-0.1, -0.05) is 77.6 Å². The van der Waals surface area contributed by atoms with Crippen LogP contribution in [-0.2, 0) is 10.0 Å². The standard InChI is InChI=1S/C19H38N2O4S/c1-2-3-4-5-6-7-8-9-10-11-12-13-16-26(24,25)20-18-14-15-21(17-18)19(22)23/h18,20H,2-17H2,1H3,(H,22,23)/t18-/m1/s1. The number of rotatable bonds is 15. The second-order valence-electron chi connectivity index (χ2n) is 7.54. The van der Waals surface area contributed by atoms with Gasteiger partial charge in [-0.3, -0.25) is 0 Å². The number of hydrogen-bond acceptors (Lipinski definition) is 3. The van der Waals surface area contributed by atoms with Gasteiger partial charge >= 0.3 is 6.09 Å². The van der Waals surface area contributed by atoms with Gasteiger partial charge in [-0.25, -0.2) is 17.9 Å². The van der Waals surface area contributed by atoms with Gasteiger partial charge in [0.15, 0.2) is 0 Å². The molecule has 1 atom stereocenters. The normalized spacial score (nSPS) is 17.7. The fourth-order valence-electron chi connectivity index (χ4n) is 3.48. The molecular formula is C19H38N2O4S. The first-order chi connectivity index (χ1) is 12.4. The number of hydrogen-bond donors (Lipinski definition) is 2. The Morgan fingerprint density at radius 1 is 0.962 bits per heavy atom. The van der Waals surface area contributed by atoms with Crippen LogP contribution in [0.3, 0.4) is 0 Å². The van der Waals surface area contributed by atoms with Crippen LogP contribution in [0.15, 0.2) is 0 Å². The van der Waals surface area contributed by atoms with Gasteiger partial charge in [0.2, 0.25) is 10.0 Å². The van der Waals surface area contributed by atoms with Gasteiger partial charge < -0.3 is 10.0 Å². The number of carbonyl (C=O) groups is 1. The van der Waals surface area contributed by atoms with Crippen molar-refractivity contribution in [1.29, 1.82) is 0 Å². The van der Waals surface area contributed by atoms with E-state index in [-0.39, 0.29) is 18.3 Å². The van der Waals surface area contributed by atoms with Crippen molar-refractivity contribution in [2.45, 2.75) is 96.4 Å². The van der Waals surface area contributed by atoms with E-state index in [1.54, 1.807) is 0 Å². The summed E-state index contributed by atoms with van der Waals surface area (Å²) in [5, 5.41) is 8.90. The summed E-state index contributed by atoms with van der Waals surface area (Å²) in [7, 11) is -3.30. The van der Waals surface area contributed by atoms with Crippen molar-refractivity contribution < 1.29 is 18.3 Å². The Kier molecular flexibility index (Phi) is 11.9. The van der Waals surface area contributed by atoms with Gasteiger partial charge in [0, 0.05) is 19.1 Å². The van der Waals surface area contributed by atoms with E-state index < -0.39 is 16.1 Å². The molecule has 154 valence electrons. The Morgan fingerprint density at radius 3 is 1.92 bits per heavy atom. The zero-order valence-corrected chi connectivity index (χ0v) is 17.2. The number of carboxylic acid groups (broad SMARTS) is 1. The van der Waals surface area contributed by atoms with Gasteiger partial charge in [0.25, 0.3) is 0 Å². The van der Waals surface area contributed by atoms with Crippen LogP contribution >= 0.6 is 0 Å². The Labute approximate surface area is 159 Å². The lowest BCUT2D eigenvalue weighted by atomic mass is 10.1. The number of likely N-dealkylation sites (tertiary alicyclic amines) is 1. The van der Waals surface area contributed by atoms with Crippen molar-refractivity contribution in [3.63, 3.8) is 0 Å². The second-order valence-corrected chi connectivity index (χ2v) is 9.41. The molecule has 0 unspecified atom stereocenters. The largest absolute Gasteiger partial charge is 0.465 e. The summed E-state index contributed by atoms with van der Waals surface area (Å²) >= 11 is 0. The number of nitrogens with zero attached hydrogens (tertiary/aromatic N) is 1. The average molecular weight is 391 g/mol. The summed E-state index contributed by atoms with van der Waals surface area (Å²) in [6.07, 6.45) is 14.1. The Bertz CT molecular complexity index is 482. The van der Waals surface area contributed by atoms with Crippen molar-refractivity contribution >= 4 is 16.1 Å². The first-order valence-corrected chi connectivity index (χ1v) is 12.1. The topological polar surface area (TPSA) is 86.7 Å². The fourth-order valence-corrected chi connectivity index (χ4v) is 4.88. The molecule has 1 aliphatic heterocycles. The van der Waals surface area contributed by atoms with E-state index in [9.17, 15) is 13.2 Å². The molecule has 0 radical (unpaired) electrons. The summed E-state index contributed by atoms with van der Waals surface area (Å²) in [6, 6.07) is -0.270. The third kappa shape index (κ3) is 11.0. The van der Waals surface area contributed by atoms with E-state index >= 15 is 0 Å². The molecule has 1 aliphatic rings. The number of amides is 1. The molecule has 2 N–H and O–H groups in total. The van der Waals surface area contributed by atoms with Crippen LogP contribution in [-0.4, -0.2) is 49.4 Å². The zero-order valence-electron chi connectivity index (χ0n) is 16.4. The molecule has 0 spiro atoms. The Hall–Kier alpha value is -0.820. The van der Waals surface area contributed by atoms with Crippen LogP contribution in [0.1, 0.15) is 90.4 Å². The molecule has 0 aromatic carbocycles. The lowest BCUT2D eigenvalue weighted by Gasteiger charge is -2.14. The van der Waals surface area contributed by atoms with Gasteiger partial charge in [-0.05, 0) is 12.8 Å². The molecule has 0 aromatic rings. The quantitative estimate of drug-likeness (QED) is 0.407. The lowest BCUT2D eigenvalue weighted by Crippen LogP contribution is -2.39. The minimum Gasteiger partial charge on any atom is -0.465 e. The molecule has 1 fully saturated rings. The molecule has 26 heavy (non-hydrogen) atoms. The van der Waals surface area contributed by atoms with E-state index in [2.05, 4.69) is 11.6 Å². The van der Waals surface area contributed by atoms with Gasteiger partial charge in [0.1, 0.15) is 0 Å². The van der Waals surface area contributed by atoms with E-state index in [1.807, 2.05) is 0 Å². The van der Waals surface area contributed by atoms with Gasteiger partial charge in [0.05, 0.1) is 5.75 Å². The molecule has 6 nitrogen and oxygen atoms in total. The predicted octanol–water partition coefficient (Wildman–Crippen LogP) is 4.36. The fraction of sp³-hybridized carbons (Fsp3) is 0.947. The van der Waals surface area contributed by atoms with E-state index in [0.29, 0.717) is 19.4 Å². The minimum atomic E-state index is -3.30. The molecule has 7 heteroatoms. The molecule has 0 aromatic heterocycles. The van der Waals surface area contributed by atoms with Crippen LogP contribution in [0, 0.1) is 0 Å². The molecule has 1 rings (SSSR count). The van der Waals surface area contributed by atoms with Crippen molar-refractivity contribution in [2.24, 2.45) is 0 Å². The zero-order chi connectivity index (χ0) is 19.3. The highest BCUT2D eigenvalue weighted by atomic mass is 32.2. The van der Waals surface area contributed by atoms with Crippen LogP contribution in [0.2, 0.25) is 0 Å². The van der Waals surface area contributed by atoms with Crippen LogP contribution in [0.5, 0.6) is 0 Å². The van der Waals surface area contributed by atoms with E-state index in [1.165, 1.54) is 62.7 Å². The summed E-state index contributed by atoms with van der Waals surface area (Å²) < 4.78 is 26.8. The lowest BCUT2D eigenvalue weighted by molar-refractivity contribution is 0.155. The van der Waals surface area contributed by atoms with E-state index in [0.717, 1.165) is 12.8 Å². The Morgan fingerprint density at radius 2 is 1.46 bits per heavy atom. The highest BCUT2D eigenvalue weighted by Gasteiger charge is 2.28. The van der Waals surface area contributed by atoms with Crippen molar-refractivity contribution in [2.75, 3.05) is 18.8 Å². The highest BCUT2D eigenvalue weighted by Crippen LogP contribution is 2.13. The average Bonchev–Trinajstić information content (AvgIpc) is 3.04. The molecule has 0 saturated carbocycles. The monoisotopic (exact) mass is 390 g/mol. The smallest absolute Gasteiger partial charge is 0.407 e. The molecule has 1 saturated heterocycles. The first-order valence-electron chi connectivity index (χ1n) is 10.4. The van der Waals surface area contributed by atoms with Crippen molar-refractivity contribution in [1.82, 2.24) is 9.62 Å². The number of sulfonamides is 1. The maximum atomic E-state index is 12.1. The number of nitrogens with one attached hydrogen (secondary N) is 1.